The lowest BCUT2D eigenvalue weighted by Gasteiger charge is -1.95. The van der Waals surface area contributed by atoms with Crippen molar-refractivity contribution in [3.05, 3.63) is 28.5 Å². The van der Waals surface area contributed by atoms with Crippen molar-refractivity contribution in [1.82, 2.24) is 0 Å². The third-order valence-corrected chi connectivity index (χ3v) is 1.96. The van der Waals surface area contributed by atoms with Crippen LogP contribution < -0.4 is 0 Å². The fourth-order valence-electron chi connectivity index (χ4n) is 0.734. The number of rotatable bonds is 3. The van der Waals surface area contributed by atoms with Crippen LogP contribution >= 0.6 is 15.9 Å². The van der Waals surface area contributed by atoms with E-state index in [2.05, 4.69) is 26.2 Å². The summed E-state index contributed by atoms with van der Waals surface area (Å²) in [6.07, 6.45) is 0. The number of hydrogen-bond acceptors (Lipinski definition) is 3. The molecule has 0 saturated carbocycles. The number of aliphatic carboxylic acids is 1. The van der Waals surface area contributed by atoms with Gasteiger partial charge in [0.1, 0.15) is 11.5 Å². The molecule has 0 saturated heterocycles. The Labute approximate surface area is 87.6 Å². The molecule has 1 aromatic rings. The smallest absolute Gasteiger partial charge is 0.327 e. The van der Waals surface area contributed by atoms with Gasteiger partial charge >= 0.3 is 5.97 Å². The summed E-state index contributed by atoms with van der Waals surface area (Å²) in [5.41, 5.74) is 0.270. The Morgan fingerprint density at radius 2 is 2.29 bits per heavy atom. The third kappa shape index (κ3) is 3.21. The Morgan fingerprint density at radius 3 is 2.93 bits per heavy atom. The van der Waals surface area contributed by atoms with E-state index in [0.717, 1.165) is 6.07 Å². The SMILES string of the molecule is O=C(O)CN=Nc1cc(F)ccc1Br. The summed E-state index contributed by atoms with van der Waals surface area (Å²) in [5.74, 6) is -1.53. The lowest BCUT2D eigenvalue weighted by molar-refractivity contribution is -0.135. The van der Waals surface area contributed by atoms with Gasteiger partial charge in [-0.25, -0.2) is 4.39 Å². The molecule has 0 atom stereocenters. The molecule has 0 aliphatic heterocycles. The maximum Gasteiger partial charge on any atom is 0.327 e. The zero-order valence-corrected chi connectivity index (χ0v) is 8.53. The predicted molar refractivity (Wildman–Crippen MR) is 51.1 cm³/mol. The van der Waals surface area contributed by atoms with Crippen LogP contribution in [0.2, 0.25) is 0 Å². The van der Waals surface area contributed by atoms with E-state index in [9.17, 15) is 9.18 Å². The molecule has 0 aromatic heterocycles. The molecule has 0 heterocycles. The summed E-state index contributed by atoms with van der Waals surface area (Å²) in [6, 6.07) is 3.90. The molecular weight excluding hydrogens is 255 g/mol. The molecule has 0 aliphatic rings. The highest BCUT2D eigenvalue weighted by Gasteiger charge is 2.00. The van der Waals surface area contributed by atoms with Gasteiger partial charge in [-0.3, -0.25) is 4.79 Å². The number of halogens is 2. The normalized spacial score (nSPS) is 10.7. The molecule has 14 heavy (non-hydrogen) atoms. The number of carboxylic acid groups (broad SMARTS) is 1. The van der Waals surface area contributed by atoms with Crippen LogP contribution in [0.15, 0.2) is 32.9 Å². The monoisotopic (exact) mass is 260 g/mol. The van der Waals surface area contributed by atoms with Gasteiger partial charge in [-0.1, -0.05) is 0 Å². The number of azo groups is 1. The van der Waals surface area contributed by atoms with Crippen LogP contribution in [0.1, 0.15) is 0 Å². The summed E-state index contributed by atoms with van der Waals surface area (Å²) in [7, 11) is 0. The molecule has 0 aliphatic carbocycles. The van der Waals surface area contributed by atoms with Crippen LogP contribution in [0.5, 0.6) is 0 Å². The second-order valence-corrected chi connectivity index (χ2v) is 3.24. The van der Waals surface area contributed by atoms with Crippen molar-refractivity contribution in [1.29, 1.82) is 0 Å². The van der Waals surface area contributed by atoms with E-state index in [0.29, 0.717) is 4.47 Å². The van der Waals surface area contributed by atoms with Gasteiger partial charge in [0.15, 0.2) is 6.54 Å². The van der Waals surface area contributed by atoms with E-state index in [4.69, 9.17) is 5.11 Å². The lowest BCUT2D eigenvalue weighted by atomic mass is 10.3. The van der Waals surface area contributed by atoms with Crippen LogP contribution in [-0.4, -0.2) is 17.6 Å². The second kappa shape index (κ2) is 4.80. The lowest BCUT2D eigenvalue weighted by Crippen LogP contribution is -1.97. The molecule has 1 aromatic carbocycles. The van der Waals surface area contributed by atoms with Crippen molar-refractivity contribution < 1.29 is 14.3 Å². The van der Waals surface area contributed by atoms with Crippen LogP contribution in [0, 0.1) is 5.82 Å². The maximum atomic E-state index is 12.7. The first-order chi connectivity index (χ1) is 6.59. The Kier molecular flexibility index (Phi) is 3.70. The predicted octanol–water partition coefficient (Wildman–Crippen LogP) is 2.76. The van der Waals surface area contributed by atoms with Gasteiger partial charge in [0.25, 0.3) is 0 Å². The first kappa shape index (κ1) is 10.8. The number of benzene rings is 1. The van der Waals surface area contributed by atoms with Crippen LogP contribution in [0.3, 0.4) is 0 Å². The van der Waals surface area contributed by atoms with Gasteiger partial charge in [0.05, 0.1) is 0 Å². The number of carboxylic acids is 1. The standard InChI is InChI=1S/C8H6BrFN2O2/c9-6-2-1-5(10)3-7(6)12-11-4-8(13)14/h1-3H,4H2,(H,13,14). The van der Waals surface area contributed by atoms with E-state index < -0.39 is 18.3 Å². The van der Waals surface area contributed by atoms with Crippen LogP contribution in [0.4, 0.5) is 10.1 Å². The van der Waals surface area contributed by atoms with Crippen LogP contribution in [0.25, 0.3) is 0 Å². The highest BCUT2D eigenvalue weighted by molar-refractivity contribution is 9.10. The van der Waals surface area contributed by atoms with Gasteiger partial charge < -0.3 is 5.11 Å². The van der Waals surface area contributed by atoms with Crippen molar-refractivity contribution in [2.45, 2.75) is 0 Å². The second-order valence-electron chi connectivity index (χ2n) is 2.39. The fraction of sp³-hybridized carbons (Fsp3) is 0.125. The first-order valence-electron chi connectivity index (χ1n) is 3.64. The molecule has 0 unspecified atom stereocenters. The summed E-state index contributed by atoms with van der Waals surface area (Å²) >= 11 is 3.13. The van der Waals surface area contributed by atoms with Crippen molar-refractivity contribution in [2.75, 3.05) is 6.54 Å². The molecule has 0 spiro atoms. The highest BCUT2D eigenvalue weighted by atomic mass is 79.9. The summed E-state index contributed by atoms with van der Waals surface area (Å²) in [5, 5.41) is 15.2. The van der Waals surface area contributed by atoms with Crippen molar-refractivity contribution in [2.24, 2.45) is 10.2 Å². The minimum Gasteiger partial charge on any atom is -0.480 e. The molecule has 0 amide bonds. The van der Waals surface area contributed by atoms with E-state index >= 15 is 0 Å². The number of nitrogens with zero attached hydrogens (tertiary/aromatic N) is 2. The van der Waals surface area contributed by atoms with Gasteiger partial charge in [-0.15, -0.1) is 0 Å². The van der Waals surface area contributed by atoms with E-state index in [-0.39, 0.29) is 5.69 Å². The van der Waals surface area contributed by atoms with Crippen molar-refractivity contribution >= 4 is 27.6 Å². The molecule has 4 nitrogen and oxygen atoms in total. The quantitative estimate of drug-likeness (QED) is 0.850. The van der Waals surface area contributed by atoms with E-state index in [1.807, 2.05) is 0 Å². The van der Waals surface area contributed by atoms with Crippen molar-refractivity contribution in [3.63, 3.8) is 0 Å². The largest absolute Gasteiger partial charge is 0.480 e. The fourth-order valence-corrected chi connectivity index (χ4v) is 1.06. The summed E-state index contributed by atoms with van der Waals surface area (Å²) in [4.78, 5) is 10.1. The first-order valence-corrected chi connectivity index (χ1v) is 4.43. The Bertz CT molecular complexity index is 382. The molecule has 0 fully saturated rings. The average Bonchev–Trinajstić information content (AvgIpc) is 2.10. The molecule has 1 rings (SSSR count). The van der Waals surface area contributed by atoms with Gasteiger partial charge in [-0.05, 0) is 28.1 Å². The molecule has 1 N–H and O–H groups in total. The topological polar surface area (TPSA) is 62.0 Å². The maximum absolute atomic E-state index is 12.7. The van der Waals surface area contributed by atoms with Gasteiger partial charge in [0.2, 0.25) is 0 Å². The summed E-state index contributed by atoms with van der Waals surface area (Å²) < 4.78 is 13.3. The number of carbonyl (C=O) groups is 1. The molecule has 0 bridgehead atoms. The van der Waals surface area contributed by atoms with E-state index in [1.54, 1.807) is 0 Å². The molecule has 6 heteroatoms. The Balaban J connectivity index is 2.80. The van der Waals surface area contributed by atoms with Gasteiger partial charge in [0, 0.05) is 10.5 Å². The summed E-state index contributed by atoms with van der Waals surface area (Å²) in [6.45, 7) is -0.428. The zero-order chi connectivity index (χ0) is 10.6. The Morgan fingerprint density at radius 1 is 1.57 bits per heavy atom. The third-order valence-electron chi connectivity index (χ3n) is 1.29. The minimum absolute atomic E-state index is 0.270. The van der Waals surface area contributed by atoms with Crippen LogP contribution in [-0.2, 0) is 4.79 Å². The average molecular weight is 261 g/mol. The molecular formula is C8H6BrFN2O2. The van der Waals surface area contributed by atoms with Crippen molar-refractivity contribution in [3.8, 4) is 0 Å². The number of hydrogen-bond donors (Lipinski definition) is 1. The molecule has 74 valence electrons. The zero-order valence-electron chi connectivity index (χ0n) is 6.94. The Hall–Kier alpha value is -1.30. The van der Waals surface area contributed by atoms with Gasteiger partial charge in [-0.2, -0.15) is 10.2 Å². The van der Waals surface area contributed by atoms with E-state index in [1.165, 1.54) is 12.1 Å². The highest BCUT2D eigenvalue weighted by Crippen LogP contribution is 2.25. The molecule has 0 radical (unpaired) electrons. The minimum atomic E-state index is -1.08.